The molecule has 4 rings (SSSR count). The van der Waals surface area contributed by atoms with Crippen LogP contribution in [0.2, 0.25) is 0 Å². The molecule has 1 heterocycles. The number of nitrogens with zero attached hydrogens (tertiary/aromatic N) is 2. The Kier molecular flexibility index (Phi) is 10.0. The Balaban J connectivity index is 1.76. The van der Waals surface area contributed by atoms with Crippen LogP contribution >= 0.6 is 0 Å². The summed E-state index contributed by atoms with van der Waals surface area (Å²) in [4.78, 5) is 29.7. The van der Waals surface area contributed by atoms with Gasteiger partial charge in [0.15, 0.2) is 11.5 Å². The minimum Gasteiger partial charge on any atom is -0.486 e. The van der Waals surface area contributed by atoms with Crippen molar-refractivity contribution in [3.63, 3.8) is 0 Å². The number of carbonyl (C=O) groups is 2. The van der Waals surface area contributed by atoms with Crippen LogP contribution in [0.5, 0.6) is 11.5 Å². The molecule has 0 aromatic heterocycles. The molecule has 1 aliphatic rings. The van der Waals surface area contributed by atoms with E-state index in [1.165, 1.54) is 11.8 Å². The maximum atomic E-state index is 14.3. The van der Waals surface area contributed by atoms with Crippen molar-refractivity contribution >= 4 is 27.5 Å². The van der Waals surface area contributed by atoms with Crippen LogP contribution in [0.15, 0.2) is 72.8 Å². The van der Waals surface area contributed by atoms with Gasteiger partial charge in [-0.25, -0.2) is 8.42 Å². The summed E-state index contributed by atoms with van der Waals surface area (Å²) >= 11 is 0. The van der Waals surface area contributed by atoms with Crippen molar-refractivity contribution in [1.29, 1.82) is 0 Å². The number of fused-ring (bicyclic) bond motifs is 1. The first-order valence-corrected chi connectivity index (χ1v) is 16.1. The van der Waals surface area contributed by atoms with Crippen LogP contribution in [-0.2, 0) is 32.6 Å². The molecule has 3 aromatic rings. The summed E-state index contributed by atoms with van der Waals surface area (Å²) in [5.41, 5.74) is 2.50. The molecule has 0 bridgehead atoms. The number of aryl methyl sites for hydroxylation is 1. The summed E-state index contributed by atoms with van der Waals surface area (Å²) in [6, 6.07) is 21.1. The fourth-order valence-corrected chi connectivity index (χ4v) is 5.86. The predicted molar refractivity (Wildman–Crippen MR) is 168 cm³/mol. The number of anilines is 1. The summed E-state index contributed by atoms with van der Waals surface area (Å²) in [7, 11) is -3.89. The maximum absolute atomic E-state index is 14.3. The lowest BCUT2D eigenvalue weighted by atomic mass is 10.0. The number of hydrogen-bond acceptors (Lipinski definition) is 6. The quantitative estimate of drug-likeness (QED) is 0.345. The summed E-state index contributed by atoms with van der Waals surface area (Å²) in [5, 5.41) is 3.04. The molecule has 1 atom stereocenters. The molecule has 1 unspecified atom stereocenters. The fourth-order valence-electron chi connectivity index (χ4n) is 4.80. The van der Waals surface area contributed by atoms with Crippen molar-refractivity contribution in [3.05, 3.63) is 89.5 Å². The van der Waals surface area contributed by atoms with E-state index in [-0.39, 0.29) is 30.3 Å². The normalized spacial score (nSPS) is 13.6. The summed E-state index contributed by atoms with van der Waals surface area (Å²) in [6.07, 6.45) is 0.255. The number of benzene rings is 3. The van der Waals surface area contributed by atoms with Gasteiger partial charge < -0.3 is 19.7 Å². The minimum absolute atomic E-state index is 0.120. The third-order valence-corrected chi connectivity index (χ3v) is 8.78. The molecule has 0 saturated carbocycles. The first kappa shape index (κ1) is 31.9. The summed E-state index contributed by atoms with van der Waals surface area (Å²) in [6.45, 7) is 9.52. The van der Waals surface area contributed by atoms with Gasteiger partial charge in [-0.1, -0.05) is 60.2 Å². The van der Waals surface area contributed by atoms with Gasteiger partial charge in [0.1, 0.15) is 25.8 Å². The molecular formula is C33H41N3O6S. The topological polar surface area (TPSA) is 105 Å². The van der Waals surface area contributed by atoms with Gasteiger partial charge in [0.25, 0.3) is 0 Å². The van der Waals surface area contributed by atoms with Crippen LogP contribution in [0.25, 0.3) is 0 Å². The number of amides is 2. The zero-order valence-corrected chi connectivity index (χ0v) is 26.3. The van der Waals surface area contributed by atoms with Crippen LogP contribution in [0.4, 0.5) is 5.69 Å². The van der Waals surface area contributed by atoms with Crippen molar-refractivity contribution in [2.75, 3.05) is 29.8 Å². The van der Waals surface area contributed by atoms with Gasteiger partial charge in [0, 0.05) is 24.6 Å². The second kappa shape index (κ2) is 13.5. The Bertz CT molecular complexity index is 1520. The van der Waals surface area contributed by atoms with E-state index in [0.717, 1.165) is 21.0 Å². The third-order valence-electron chi connectivity index (χ3n) is 7.04. The molecule has 230 valence electrons. The van der Waals surface area contributed by atoms with Crippen molar-refractivity contribution < 1.29 is 27.5 Å². The molecule has 3 aromatic carbocycles. The van der Waals surface area contributed by atoms with Crippen molar-refractivity contribution in [1.82, 2.24) is 10.2 Å². The zero-order chi connectivity index (χ0) is 31.2. The molecule has 9 nitrogen and oxygen atoms in total. The summed E-state index contributed by atoms with van der Waals surface area (Å²) < 4.78 is 39.2. The van der Waals surface area contributed by atoms with Crippen molar-refractivity contribution in [2.24, 2.45) is 0 Å². The molecule has 0 radical (unpaired) electrons. The second-order valence-electron chi connectivity index (χ2n) is 11.7. The van der Waals surface area contributed by atoms with E-state index in [1.54, 1.807) is 18.2 Å². The Morgan fingerprint density at radius 2 is 1.56 bits per heavy atom. The van der Waals surface area contributed by atoms with E-state index in [9.17, 15) is 18.0 Å². The molecule has 43 heavy (non-hydrogen) atoms. The Morgan fingerprint density at radius 1 is 0.907 bits per heavy atom. The largest absolute Gasteiger partial charge is 0.486 e. The highest BCUT2D eigenvalue weighted by molar-refractivity contribution is 7.92. The Morgan fingerprint density at radius 3 is 2.19 bits per heavy atom. The Labute approximate surface area is 254 Å². The van der Waals surface area contributed by atoms with E-state index in [0.29, 0.717) is 24.7 Å². The maximum Gasteiger partial charge on any atom is 0.244 e. The van der Waals surface area contributed by atoms with E-state index >= 15 is 0 Å². The second-order valence-corrected chi connectivity index (χ2v) is 13.9. The van der Waals surface area contributed by atoms with Gasteiger partial charge in [-0.15, -0.1) is 0 Å². The Hall–Kier alpha value is -4.05. The minimum atomic E-state index is -3.89. The van der Waals surface area contributed by atoms with Crippen LogP contribution < -0.4 is 19.1 Å². The monoisotopic (exact) mass is 607 g/mol. The van der Waals surface area contributed by atoms with Gasteiger partial charge in [-0.2, -0.15) is 0 Å². The lowest BCUT2D eigenvalue weighted by Crippen LogP contribution is -2.56. The highest BCUT2D eigenvalue weighted by Crippen LogP contribution is 2.35. The molecule has 0 fully saturated rings. The van der Waals surface area contributed by atoms with Gasteiger partial charge in [-0.3, -0.25) is 13.9 Å². The van der Waals surface area contributed by atoms with Gasteiger partial charge in [0.2, 0.25) is 21.8 Å². The third kappa shape index (κ3) is 8.50. The number of nitrogens with one attached hydrogen (secondary N) is 1. The molecule has 0 spiro atoms. The van der Waals surface area contributed by atoms with Gasteiger partial charge >= 0.3 is 0 Å². The number of carbonyl (C=O) groups excluding carboxylic acids is 2. The molecule has 0 aliphatic carbocycles. The lowest BCUT2D eigenvalue weighted by molar-refractivity contribution is -0.140. The molecule has 10 heteroatoms. The number of hydrogen-bond donors (Lipinski definition) is 1. The molecule has 2 amide bonds. The van der Waals surface area contributed by atoms with Gasteiger partial charge in [-0.05, 0) is 57.9 Å². The molecule has 0 saturated heterocycles. The van der Waals surface area contributed by atoms with E-state index < -0.39 is 34.1 Å². The highest BCUT2D eigenvalue weighted by Gasteiger charge is 2.35. The highest BCUT2D eigenvalue weighted by atomic mass is 32.2. The van der Waals surface area contributed by atoms with E-state index in [1.807, 2.05) is 82.3 Å². The van der Waals surface area contributed by atoms with Gasteiger partial charge in [0.05, 0.1) is 11.4 Å². The molecule has 1 aliphatic heterocycles. The van der Waals surface area contributed by atoms with E-state index in [2.05, 4.69) is 5.32 Å². The smallest absolute Gasteiger partial charge is 0.244 e. The first-order valence-electron chi connectivity index (χ1n) is 14.5. The molecule has 1 N–H and O–H groups in total. The van der Waals surface area contributed by atoms with Crippen molar-refractivity contribution in [3.8, 4) is 11.5 Å². The standard InChI is InChI=1S/C33H41N3O6S/c1-6-43(39,40)36(27-16-17-29-30(21-27)42-19-18-41-29)23-31(37)35(22-26-14-12-24(2)13-15-26)28(32(38)34-33(3,4)5)20-25-10-8-7-9-11-25/h7-17,21,28H,6,18-20,22-23H2,1-5H3,(H,34,38). The van der Waals surface area contributed by atoms with Crippen LogP contribution in [0.3, 0.4) is 0 Å². The first-order chi connectivity index (χ1) is 20.4. The SMILES string of the molecule is CCS(=O)(=O)N(CC(=O)N(Cc1ccc(C)cc1)C(Cc1ccccc1)C(=O)NC(C)(C)C)c1ccc2c(c1)OCCO2. The van der Waals surface area contributed by atoms with E-state index in [4.69, 9.17) is 9.47 Å². The van der Waals surface area contributed by atoms with Crippen molar-refractivity contribution in [2.45, 2.75) is 59.2 Å². The van der Waals surface area contributed by atoms with Crippen LogP contribution in [-0.4, -0.2) is 62.2 Å². The van der Waals surface area contributed by atoms with Crippen LogP contribution in [0, 0.1) is 6.92 Å². The number of ether oxygens (including phenoxy) is 2. The number of sulfonamides is 1. The van der Waals surface area contributed by atoms with Crippen LogP contribution in [0.1, 0.15) is 44.4 Å². The zero-order valence-electron chi connectivity index (χ0n) is 25.5. The lowest BCUT2D eigenvalue weighted by Gasteiger charge is -2.35. The predicted octanol–water partition coefficient (Wildman–Crippen LogP) is 4.48. The molecular weight excluding hydrogens is 566 g/mol. The average molecular weight is 608 g/mol. The summed E-state index contributed by atoms with van der Waals surface area (Å²) in [5.74, 6) is -0.114. The fraction of sp³-hybridized carbons (Fsp3) is 0.394. The average Bonchev–Trinajstić information content (AvgIpc) is 2.97. The number of rotatable bonds is 11.